The zero-order valence-electron chi connectivity index (χ0n) is 10.1. The number of rotatable bonds is 6. The van der Waals surface area contributed by atoms with Gasteiger partial charge >= 0.3 is 112 Å². The zero-order valence-corrected chi connectivity index (χ0v) is 15.1. The van der Waals surface area contributed by atoms with Crippen molar-refractivity contribution in [1.29, 1.82) is 0 Å². The maximum atomic E-state index is 11.7. The SMILES string of the molecule is C=[C](C(CCCI)C(=O)OC)[Sn]([CH3])([CH3])[CH3]. The molecule has 1 unspecified atom stereocenters. The van der Waals surface area contributed by atoms with Gasteiger partial charge in [0, 0.05) is 0 Å². The molecular formula is C11H21IO2Sn. The molecule has 1 atom stereocenters. The van der Waals surface area contributed by atoms with Crippen LogP contribution in [-0.2, 0) is 9.53 Å². The number of hydrogen-bond acceptors (Lipinski definition) is 2. The van der Waals surface area contributed by atoms with Crippen molar-refractivity contribution in [1.82, 2.24) is 0 Å². The summed E-state index contributed by atoms with van der Waals surface area (Å²) < 4.78 is 7.12. The van der Waals surface area contributed by atoms with Gasteiger partial charge in [0.25, 0.3) is 0 Å². The second-order valence-electron chi connectivity index (χ2n) is 4.68. The van der Waals surface area contributed by atoms with Gasteiger partial charge in [-0.2, -0.15) is 0 Å². The molecule has 0 spiro atoms. The molecule has 0 aliphatic carbocycles. The van der Waals surface area contributed by atoms with Crippen molar-refractivity contribution in [3.63, 3.8) is 0 Å². The molecule has 0 N–H and O–H groups in total. The third kappa shape index (κ3) is 5.56. The molecule has 0 bridgehead atoms. The van der Waals surface area contributed by atoms with E-state index in [4.69, 9.17) is 4.74 Å². The minimum absolute atomic E-state index is 0.0550. The quantitative estimate of drug-likeness (QED) is 0.279. The average molecular weight is 431 g/mol. The monoisotopic (exact) mass is 432 g/mol. The van der Waals surface area contributed by atoms with Crippen LogP contribution in [0.3, 0.4) is 0 Å². The Hall–Kier alpha value is 0.739. The number of carbonyl (C=O) groups excluding carboxylic acids is 1. The van der Waals surface area contributed by atoms with Gasteiger partial charge in [-0.25, -0.2) is 0 Å². The van der Waals surface area contributed by atoms with Gasteiger partial charge < -0.3 is 0 Å². The van der Waals surface area contributed by atoms with Crippen molar-refractivity contribution in [2.45, 2.75) is 27.7 Å². The maximum absolute atomic E-state index is 11.7. The van der Waals surface area contributed by atoms with Gasteiger partial charge in [-0.05, 0) is 0 Å². The molecule has 0 rings (SSSR count). The molecule has 15 heavy (non-hydrogen) atoms. The Morgan fingerprint density at radius 1 is 1.47 bits per heavy atom. The number of carbonyl (C=O) groups is 1. The zero-order chi connectivity index (χ0) is 12.1. The van der Waals surface area contributed by atoms with Gasteiger partial charge in [0.05, 0.1) is 0 Å². The summed E-state index contributed by atoms with van der Waals surface area (Å²) in [5.74, 6) is -0.156. The minimum atomic E-state index is -2.17. The Bertz CT molecular complexity index is 233. The molecule has 0 saturated carbocycles. The molecule has 0 aromatic heterocycles. The molecular weight excluding hydrogens is 410 g/mol. The fourth-order valence-electron chi connectivity index (χ4n) is 1.38. The molecule has 0 aliphatic rings. The summed E-state index contributed by atoms with van der Waals surface area (Å²) in [6.07, 6.45) is 1.95. The van der Waals surface area contributed by atoms with E-state index in [1.165, 1.54) is 10.7 Å². The van der Waals surface area contributed by atoms with Gasteiger partial charge in [0.1, 0.15) is 0 Å². The summed E-state index contributed by atoms with van der Waals surface area (Å²) in [5, 5.41) is 0. The van der Waals surface area contributed by atoms with Crippen LogP contribution in [0.2, 0.25) is 14.8 Å². The predicted octanol–water partition coefficient (Wildman–Crippen LogP) is 3.42. The van der Waals surface area contributed by atoms with Crippen LogP contribution in [-0.4, -0.2) is 35.9 Å². The first-order chi connectivity index (χ1) is 6.84. The van der Waals surface area contributed by atoms with Crippen molar-refractivity contribution < 1.29 is 9.53 Å². The molecule has 0 aliphatic heterocycles. The Labute approximate surface area is 111 Å². The molecule has 88 valence electrons. The Kier molecular flexibility index (Phi) is 7.49. The standard InChI is InChI=1S/C8H12IO2.3CH3.Sn/c1-3-7(5-4-6-9)8(10)11-2;;;;/h7H,1,4-6H2,2H3;3*1H3;. The van der Waals surface area contributed by atoms with Crippen molar-refractivity contribution in [2.24, 2.45) is 5.92 Å². The van der Waals surface area contributed by atoms with Crippen LogP contribution in [0.5, 0.6) is 0 Å². The number of ether oxygens (including phenoxy) is 1. The summed E-state index contributed by atoms with van der Waals surface area (Å²) >= 11 is 0.162. The molecule has 0 heterocycles. The number of methoxy groups -OCH3 is 1. The van der Waals surface area contributed by atoms with E-state index in [-0.39, 0.29) is 11.9 Å². The fourth-order valence-corrected chi connectivity index (χ4v) is 5.55. The second-order valence-corrected chi connectivity index (χ2v) is 20.4. The topological polar surface area (TPSA) is 26.3 Å². The van der Waals surface area contributed by atoms with Gasteiger partial charge in [0.2, 0.25) is 0 Å². The van der Waals surface area contributed by atoms with Crippen LogP contribution in [0, 0.1) is 5.92 Å². The van der Waals surface area contributed by atoms with Crippen LogP contribution in [0.1, 0.15) is 12.8 Å². The van der Waals surface area contributed by atoms with Crippen molar-refractivity contribution >= 4 is 46.9 Å². The van der Waals surface area contributed by atoms with E-state index in [0.29, 0.717) is 0 Å². The first-order valence-corrected chi connectivity index (χ1v) is 16.7. The molecule has 0 aromatic carbocycles. The van der Waals surface area contributed by atoms with Crippen LogP contribution in [0.4, 0.5) is 0 Å². The van der Waals surface area contributed by atoms with Crippen LogP contribution < -0.4 is 0 Å². The van der Waals surface area contributed by atoms with Crippen molar-refractivity contribution in [2.75, 3.05) is 11.5 Å². The van der Waals surface area contributed by atoms with Gasteiger partial charge in [-0.15, -0.1) is 0 Å². The summed E-state index contributed by atoms with van der Waals surface area (Å²) in [6, 6.07) is 0. The van der Waals surface area contributed by atoms with Crippen molar-refractivity contribution in [3.05, 3.63) is 10.2 Å². The third-order valence-electron chi connectivity index (χ3n) is 2.50. The molecule has 0 aromatic rings. The van der Waals surface area contributed by atoms with E-state index in [0.717, 1.165) is 17.3 Å². The van der Waals surface area contributed by atoms with Gasteiger partial charge in [0.15, 0.2) is 0 Å². The van der Waals surface area contributed by atoms with E-state index in [2.05, 4.69) is 44.0 Å². The first kappa shape index (κ1) is 15.7. The van der Waals surface area contributed by atoms with Crippen LogP contribution in [0.25, 0.3) is 0 Å². The average Bonchev–Trinajstić information content (AvgIpc) is 2.16. The summed E-state index contributed by atoms with van der Waals surface area (Å²) in [7, 11) is 1.46. The Balaban J connectivity index is 4.63. The van der Waals surface area contributed by atoms with Crippen LogP contribution in [0.15, 0.2) is 10.2 Å². The van der Waals surface area contributed by atoms with E-state index in [1.54, 1.807) is 0 Å². The predicted molar refractivity (Wildman–Crippen MR) is 76.1 cm³/mol. The summed E-state index contributed by atoms with van der Waals surface area (Å²) in [6.45, 7) is 4.14. The van der Waals surface area contributed by atoms with Gasteiger partial charge in [-0.3, -0.25) is 0 Å². The molecule has 0 fully saturated rings. The number of esters is 1. The van der Waals surface area contributed by atoms with E-state index >= 15 is 0 Å². The van der Waals surface area contributed by atoms with E-state index in [9.17, 15) is 4.79 Å². The molecule has 0 radical (unpaired) electrons. The van der Waals surface area contributed by atoms with Crippen molar-refractivity contribution in [3.8, 4) is 0 Å². The van der Waals surface area contributed by atoms with E-state index < -0.39 is 18.4 Å². The number of hydrogen-bond donors (Lipinski definition) is 0. The van der Waals surface area contributed by atoms with Crippen LogP contribution >= 0.6 is 22.6 Å². The first-order valence-electron chi connectivity index (χ1n) is 5.17. The molecule has 0 amide bonds. The summed E-state index contributed by atoms with van der Waals surface area (Å²) in [4.78, 5) is 18.5. The number of alkyl halides is 1. The Morgan fingerprint density at radius 3 is 2.33 bits per heavy atom. The second kappa shape index (κ2) is 7.14. The summed E-state index contributed by atoms with van der Waals surface area (Å²) in [5.41, 5.74) is 0. The Morgan fingerprint density at radius 2 is 2.00 bits per heavy atom. The molecule has 0 saturated heterocycles. The third-order valence-corrected chi connectivity index (χ3v) is 9.75. The number of halogens is 1. The molecule has 4 heteroatoms. The van der Waals surface area contributed by atoms with Gasteiger partial charge in [-0.1, -0.05) is 0 Å². The normalized spacial score (nSPS) is 13.4. The van der Waals surface area contributed by atoms with E-state index in [1.807, 2.05) is 0 Å². The molecule has 2 nitrogen and oxygen atoms in total. The fraction of sp³-hybridized carbons (Fsp3) is 0.727.